The Labute approximate surface area is 90.7 Å². The van der Waals surface area contributed by atoms with E-state index >= 15 is 0 Å². The molecule has 0 spiro atoms. The van der Waals surface area contributed by atoms with Crippen LogP contribution in [0.4, 0.5) is 0 Å². The first-order valence-electron chi connectivity index (χ1n) is 4.64. The highest BCUT2D eigenvalue weighted by Gasteiger charge is 2.05. The smallest absolute Gasteiger partial charge is 0.0147 e. The van der Waals surface area contributed by atoms with E-state index in [1.54, 1.807) is 11.8 Å². The van der Waals surface area contributed by atoms with Crippen LogP contribution in [0.1, 0.15) is 18.1 Å². The summed E-state index contributed by atoms with van der Waals surface area (Å²) in [6.07, 6.45) is 6.01. The standard InChI is InChI=1S/C13H16S/c1-5-7-10(2)13-11(3)8-6-9-12(13)14-4/h5-9H,1H2,2-4H3/b10-7+. The van der Waals surface area contributed by atoms with Crippen LogP contribution < -0.4 is 0 Å². The van der Waals surface area contributed by atoms with Gasteiger partial charge in [-0.05, 0) is 42.9 Å². The SMILES string of the molecule is C=C/C=C(\C)c1c(C)cccc1SC. The molecule has 0 fully saturated rings. The van der Waals surface area contributed by atoms with Gasteiger partial charge in [-0.3, -0.25) is 0 Å². The largest absolute Gasteiger partial charge is 0.129 e. The summed E-state index contributed by atoms with van der Waals surface area (Å²) >= 11 is 1.79. The number of aryl methyl sites for hydroxylation is 1. The zero-order valence-electron chi connectivity index (χ0n) is 9.00. The van der Waals surface area contributed by atoms with Gasteiger partial charge in [-0.1, -0.05) is 30.9 Å². The Morgan fingerprint density at radius 1 is 1.43 bits per heavy atom. The van der Waals surface area contributed by atoms with Crippen LogP contribution in [0.15, 0.2) is 41.8 Å². The molecule has 0 bridgehead atoms. The monoisotopic (exact) mass is 204 g/mol. The molecule has 0 amide bonds. The van der Waals surface area contributed by atoms with Gasteiger partial charge in [0.15, 0.2) is 0 Å². The van der Waals surface area contributed by atoms with Gasteiger partial charge in [-0.2, -0.15) is 0 Å². The molecule has 74 valence electrons. The topological polar surface area (TPSA) is 0 Å². The first-order valence-corrected chi connectivity index (χ1v) is 5.86. The summed E-state index contributed by atoms with van der Waals surface area (Å²) in [4.78, 5) is 1.33. The molecular weight excluding hydrogens is 188 g/mol. The van der Waals surface area contributed by atoms with E-state index in [2.05, 4.69) is 51.0 Å². The lowest BCUT2D eigenvalue weighted by atomic mass is 10.0. The highest BCUT2D eigenvalue weighted by molar-refractivity contribution is 7.98. The van der Waals surface area contributed by atoms with E-state index < -0.39 is 0 Å². The van der Waals surface area contributed by atoms with Crippen molar-refractivity contribution in [3.8, 4) is 0 Å². The summed E-state index contributed by atoms with van der Waals surface area (Å²) in [5, 5.41) is 0. The first kappa shape index (κ1) is 11.1. The third kappa shape index (κ3) is 2.30. The zero-order chi connectivity index (χ0) is 10.6. The fraction of sp³-hybridized carbons (Fsp3) is 0.231. The molecule has 0 aliphatic carbocycles. The van der Waals surface area contributed by atoms with Gasteiger partial charge >= 0.3 is 0 Å². The number of hydrogen-bond donors (Lipinski definition) is 0. The average Bonchev–Trinajstić information content (AvgIpc) is 2.17. The summed E-state index contributed by atoms with van der Waals surface area (Å²) < 4.78 is 0. The van der Waals surface area contributed by atoms with E-state index in [4.69, 9.17) is 0 Å². The molecule has 14 heavy (non-hydrogen) atoms. The number of hydrogen-bond acceptors (Lipinski definition) is 1. The van der Waals surface area contributed by atoms with Crippen molar-refractivity contribution in [2.45, 2.75) is 18.7 Å². The summed E-state index contributed by atoms with van der Waals surface area (Å²) in [5.41, 5.74) is 3.95. The minimum atomic E-state index is 1.28. The quantitative estimate of drug-likeness (QED) is 0.522. The maximum atomic E-state index is 3.73. The minimum Gasteiger partial charge on any atom is -0.129 e. The second kappa shape index (κ2) is 5.06. The number of rotatable bonds is 3. The van der Waals surface area contributed by atoms with Crippen molar-refractivity contribution < 1.29 is 0 Å². The van der Waals surface area contributed by atoms with Gasteiger partial charge in [0.2, 0.25) is 0 Å². The lowest BCUT2D eigenvalue weighted by Crippen LogP contribution is -1.88. The van der Waals surface area contributed by atoms with E-state index in [9.17, 15) is 0 Å². The minimum absolute atomic E-state index is 1.28. The molecule has 0 saturated carbocycles. The lowest BCUT2D eigenvalue weighted by Gasteiger charge is -2.10. The van der Waals surface area contributed by atoms with Gasteiger partial charge in [-0.25, -0.2) is 0 Å². The summed E-state index contributed by atoms with van der Waals surface area (Å²) in [5.74, 6) is 0. The maximum Gasteiger partial charge on any atom is 0.0147 e. The van der Waals surface area contributed by atoms with Crippen LogP contribution in [0.5, 0.6) is 0 Å². The third-order valence-corrected chi connectivity index (χ3v) is 3.00. The molecule has 0 atom stereocenters. The zero-order valence-corrected chi connectivity index (χ0v) is 9.82. The Balaban J connectivity index is 3.30. The van der Waals surface area contributed by atoms with Gasteiger partial charge in [-0.15, -0.1) is 11.8 Å². The Morgan fingerprint density at radius 2 is 2.14 bits per heavy atom. The molecule has 0 aliphatic rings. The molecule has 1 heteroatoms. The summed E-state index contributed by atoms with van der Waals surface area (Å²) in [6.45, 7) is 8.01. The van der Waals surface area contributed by atoms with Crippen molar-refractivity contribution >= 4 is 17.3 Å². The second-order valence-electron chi connectivity index (χ2n) is 3.24. The summed E-state index contributed by atoms with van der Waals surface area (Å²) in [7, 11) is 0. The number of thioether (sulfide) groups is 1. The van der Waals surface area contributed by atoms with Crippen molar-refractivity contribution in [2.24, 2.45) is 0 Å². The van der Waals surface area contributed by atoms with Crippen LogP contribution in [0.2, 0.25) is 0 Å². The molecular formula is C13H16S. The van der Waals surface area contributed by atoms with Gasteiger partial charge in [0.1, 0.15) is 0 Å². The van der Waals surface area contributed by atoms with Crippen molar-refractivity contribution in [1.29, 1.82) is 0 Å². The normalized spacial score (nSPS) is 11.5. The Bertz CT molecular complexity index is 361. The highest BCUT2D eigenvalue weighted by Crippen LogP contribution is 2.29. The summed E-state index contributed by atoms with van der Waals surface area (Å²) in [6, 6.07) is 6.41. The highest BCUT2D eigenvalue weighted by atomic mass is 32.2. The van der Waals surface area contributed by atoms with Gasteiger partial charge < -0.3 is 0 Å². The average molecular weight is 204 g/mol. The molecule has 0 aromatic heterocycles. The predicted molar refractivity (Wildman–Crippen MR) is 66.8 cm³/mol. The first-order chi connectivity index (χ1) is 6.70. The number of benzene rings is 1. The van der Waals surface area contributed by atoms with E-state index in [-0.39, 0.29) is 0 Å². The fourth-order valence-electron chi connectivity index (χ4n) is 1.58. The molecule has 1 aromatic carbocycles. The van der Waals surface area contributed by atoms with E-state index in [0.29, 0.717) is 0 Å². The van der Waals surface area contributed by atoms with Gasteiger partial charge in [0, 0.05) is 4.90 Å². The Kier molecular flexibility index (Phi) is 4.02. The van der Waals surface area contributed by atoms with Crippen LogP contribution in [0.3, 0.4) is 0 Å². The lowest BCUT2D eigenvalue weighted by molar-refractivity contribution is 1.30. The van der Waals surface area contributed by atoms with Gasteiger partial charge in [0.25, 0.3) is 0 Å². The second-order valence-corrected chi connectivity index (χ2v) is 4.09. The molecule has 0 radical (unpaired) electrons. The molecule has 0 saturated heterocycles. The predicted octanol–water partition coefficient (Wildman–Crippen LogP) is 4.31. The van der Waals surface area contributed by atoms with E-state index in [0.717, 1.165) is 0 Å². The van der Waals surface area contributed by atoms with Crippen molar-refractivity contribution in [2.75, 3.05) is 6.26 Å². The van der Waals surface area contributed by atoms with Crippen LogP contribution in [0, 0.1) is 6.92 Å². The molecule has 0 heterocycles. The van der Waals surface area contributed by atoms with Crippen LogP contribution in [-0.2, 0) is 0 Å². The molecule has 1 rings (SSSR count). The van der Waals surface area contributed by atoms with Crippen molar-refractivity contribution in [3.63, 3.8) is 0 Å². The molecule has 0 aliphatic heterocycles. The number of allylic oxidation sites excluding steroid dienone is 3. The van der Waals surface area contributed by atoms with Crippen molar-refractivity contribution in [1.82, 2.24) is 0 Å². The molecule has 0 unspecified atom stereocenters. The molecule has 0 N–H and O–H groups in total. The maximum absolute atomic E-state index is 3.73. The third-order valence-electron chi connectivity index (χ3n) is 2.22. The van der Waals surface area contributed by atoms with Crippen LogP contribution in [-0.4, -0.2) is 6.26 Å². The fourth-order valence-corrected chi connectivity index (χ4v) is 2.32. The molecule has 0 nitrogen and oxygen atoms in total. The molecule has 1 aromatic rings. The van der Waals surface area contributed by atoms with E-state index in [1.165, 1.54) is 21.6 Å². The van der Waals surface area contributed by atoms with Crippen LogP contribution >= 0.6 is 11.8 Å². The Hall–Kier alpha value is -0.950. The van der Waals surface area contributed by atoms with E-state index in [1.807, 2.05) is 6.08 Å². The van der Waals surface area contributed by atoms with Crippen molar-refractivity contribution in [3.05, 3.63) is 48.1 Å². The Morgan fingerprint density at radius 3 is 2.71 bits per heavy atom. The van der Waals surface area contributed by atoms with Gasteiger partial charge in [0.05, 0.1) is 0 Å². The van der Waals surface area contributed by atoms with Crippen LogP contribution in [0.25, 0.3) is 5.57 Å².